The summed E-state index contributed by atoms with van der Waals surface area (Å²) in [5.74, 6) is 0. The first-order chi connectivity index (χ1) is 8.30. The van der Waals surface area contributed by atoms with Gasteiger partial charge in [0.25, 0.3) is 0 Å². The Labute approximate surface area is 104 Å². The second-order valence-corrected chi connectivity index (χ2v) is 5.18. The van der Waals surface area contributed by atoms with Crippen LogP contribution in [-0.4, -0.2) is 13.7 Å². The first-order valence-corrected chi connectivity index (χ1v) is 6.59. The van der Waals surface area contributed by atoms with Gasteiger partial charge in [-0.2, -0.15) is 0 Å². The molecule has 2 heteroatoms. The van der Waals surface area contributed by atoms with Crippen molar-refractivity contribution < 1.29 is 4.74 Å². The van der Waals surface area contributed by atoms with Crippen molar-refractivity contribution in [2.45, 2.75) is 44.1 Å². The molecule has 2 nitrogen and oxygen atoms in total. The number of hydrogen-bond donors (Lipinski definition) is 1. The van der Waals surface area contributed by atoms with Crippen molar-refractivity contribution in [3.8, 4) is 0 Å². The average molecular weight is 233 g/mol. The molecule has 0 saturated heterocycles. The number of hydrogen-bond acceptors (Lipinski definition) is 2. The van der Waals surface area contributed by atoms with Crippen LogP contribution < -0.4 is 5.73 Å². The van der Waals surface area contributed by atoms with Crippen molar-refractivity contribution in [1.29, 1.82) is 0 Å². The summed E-state index contributed by atoms with van der Waals surface area (Å²) in [6.07, 6.45) is 6.48. The molecule has 0 heterocycles. The molecule has 0 atom stereocenters. The molecule has 94 valence electrons. The van der Waals surface area contributed by atoms with Crippen LogP contribution in [0.15, 0.2) is 24.3 Å². The van der Waals surface area contributed by atoms with Crippen LogP contribution in [0.2, 0.25) is 0 Å². The summed E-state index contributed by atoms with van der Waals surface area (Å²) in [6, 6.07) is 8.83. The summed E-state index contributed by atoms with van der Waals surface area (Å²) in [5.41, 5.74) is 8.93. The molecule has 0 unspecified atom stereocenters. The van der Waals surface area contributed by atoms with Gasteiger partial charge in [0.2, 0.25) is 0 Å². The Hall–Kier alpha value is -0.860. The molecule has 1 aliphatic carbocycles. The maximum atomic E-state index is 6.04. The first kappa shape index (κ1) is 12.6. The molecule has 0 spiro atoms. The molecule has 0 aliphatic heterocycles. The zero-order valence-electron chi connectivity index (χ0n) is 10.7. The van der Waals surface area contributed by atoms with Gasteiger partial charge in [-0.3, -0.25) is 0 Å². The normalized spacial score (nSPS) is 19.2. The first-order valence-electron chi connectivity index (χ1n) is 6.59. The molecule has 17 heavy (non-hydrogen) atoms. The van der Waals surface area contributed by atoms with E-state index < -0.39 is 0 Å². The highest BCUT2D eigenvalue weighted by molar-refractivity contribution is 5.30. The zero-order valence-corrected chi connectivity index (χ0v) is 10.7. The van der Waals surface area contributed by atoms with Crippen molar-refractivity contribution >= 4 is 0 Å². The van der Waals surface area contributed by atoms with E-state index in [-0.39, 0.29) is 5.41 Å². The lowest BCUT2D eigenvalue weighted by atomic mass is 9.69. The Morgan fingerprint density at radius 1 is 1.12 bits per heavy atom. The lowest BCUT2D eigenvalue weighted by Crippen LogP contribution is -2.37. The van der Waals surface area contributed by atoms with Gasteiger partial charge in [-0.05, 0) is 24.0 Å². The van der Waals surface area contributed by atoms with E-state index in [9.17, 15) is 0 Å². The minimum atomic E-state index is 0.240. The highest BCUT2D eigenvalue weighted by Gasteiger charge is 2.32. The van der Waals surface area contributed by atoms with E-state index in [0.717, 1.165) is 6.54 Å². The molecular formula is C15H23NO. The highest BCUT2D eigenvalue weighted by atomic mass is 16.5. The lowest BCUT2D eigenvalue weighted by molar-refractivity contribution is 0.185. The van der Waals surface area contributed by atoms with Crippen LogP contribution in [0.25, 0.3) is 0 Å². The third kappa shape index (κ3) is 2.70. The Kier molecular flexibility index (Phi) is 4.19. The SMILES string of the molecule is COCc1ccc(C2(CN)CCCCC2)cc1. The van der Waals surface area contributed by atoms with Crippen LogP contribution in [0.4, 0.5) is 0 Å². The number of nitrogens with two attached hydrogens (primary N) is 1. The van der Waals surface area contributed by atoms with Crippen LogP contribution in [0, 0.1) is 0 Å². The standard InChI is InChI=1S/C15H23NO/c1-17-11-13-5-7-14(8-6-13)15(12-16)9-3-2-4-10-15/h5-8H,2-4,9-12,16H2,1H3. The predicted molar refractivity (Wildman–Crippen MR) is 71.0 cm³/mol. The summed E-state index contributed by atoms with van der Waals surface area (Å²) < 4.78 is 5.14. The molecule has 0 radical (unpaired) electrons. The number of methoxy groups -OCH3 is 1. The van der Waals surface area contributed by atoms with Crippen LogP contribution in [0.5, 0.6) is 0 Å². The van der Waals surface area contributed by atoms with Crippen molar-refractivity contribution in [2.24, 2.45) is 5.73 Å². The number of rotatable bonds is 4. The van der Waals surface area contributed by atoms with Crippen molar-refractivity contribution in [2.75, 3.05) is 13.7 Å². The molecule has 1 saturated carbocycles. The second-order valence-electron chi connectivity index (χ2n) is 5.18. The number of benzene rings is 1. The quantitative estimate of drug-likeness (QED) is 0.867. The molecule has 1 aromatic rings. The van der Waals surface area contributed by atoms with Gasteiger partial charge in [0.1, 0.15) is 0 Å². The van der Waals surface area contributed by atoms with Crippen LogP contribution in [0.1, 0.15) is 43.2 Å². The van der Waals surface area contributed by atoms with Gasteiger partial charge in [0, 0.05) is 19.1 Å². The molecule has 2 rings (SSSR count). The summed E-state index contributed by atoms with van der Waals surface area (Å²) in [4.78, 5) is 0. The largest absolute Gasteiger partial charge is 0.380 e. The van der Waals surface area contributed by atoms with Crippen LogP contribution >= 0.6 is 0 Å². The third-order valence-electron chi connectivity index (χ3n) is 4.08. The fraction of sp³-hybridized carbons (Fsp3) is 0.600. The highest BCUT2D eigenvalue weighted by Crippen LogP contribution is 2.38. The molecular weight excluding hydrogens is 210 g/mol. The lowest BCUT2D eigenvalue weighted by Gasteiger charge is -2.37. The van der Waals surface area contributed by atoms with E-state index in [2.05, 4.69) is 24.3 Å². The van der Waals surface area contributed by atoms with Gasteiger partial charge in [-0.25, -0.2) is 0 Å². The monoisotopic (exact) mass is 233 g/mol. The van der Waals surface area contributed by atoms with E-state index in [1.165, 1.54) is 43.2 Å². The predicted octanol–water partition coefficient (Wildman–Crippen LogP) is 2.99. The van der Waals surface area contributed by atoms with Crippen molar-refractivity contribution in [3.05, 3.63) is 35.4 Å². The van der Waals surface area contributed by atoms with E-state index >= 15 is 0 Å². The Morgan fingerprint density at radius 2 is 1.76 bits per heavy atom. The summed E-state index contributed by atoms with van der Waals surface area (Å²) >= 11 is 0. The molecule has 1 aromatic carbocycles. The van der Waals surface area contributed by atoms with E-state index in [1.54, 1.807) is 7.11 Å². The summed E-state index contributed by atoms with van der Waals surface area (Å²) in [5, 5.41) is 0. The van der Waals surface area contributed by atoms with Crippen LogP contribution in [-0.2, 0) is 16.8 Å². The zero-order chi connectivity index (χ0) is 12.1. The molecule has 2 N–H and O–H groups in total. The molecule has 1 fully saturated rings. The van der Waals surface area contributed by atoms with Crippen molar-refractivity contribution in [1.82, 2.24) is 0 Å². The Bertz CT molecular complexity index is 338. The van der Waals surface area contributed by atoms with Crippen LogP contribution in [0.3, 0.4) is 0 Å². The van der Waals surface area contributed by atoms with E-state index in [4.69, 9.17) is 10.5 Å². The van der Waals surface area contributed by atoms with E-state index in [0.29, 0.717) is 6.61 Å². The minimum Gasteiger partial charge on any atom is -0.380 e. The maximum Gasteiger partial charge on any atom is 0.0713 e. The second kappa shape index (κ2) is 5.65. The molecule has 0 bridgehead atoms. The number of ether oxygens (including phenoxy) is 1. The smallest absolute Gasteiger partial charge is 0.0713 e. The molecule has 0 aromatic heterocycles. The maximum absolute atomic E-state index is 6.04. The Morgan fingerprint density at radius 3 is 2.29 bits per heavy atom. The molecule has 1 aliphatic rings. The fourth-order valence-electron chi connectivity index (χ4n) is 2.96. The fourth-order valence-corrected chi connectivity index (χ4v) is 2.96. The summed E-state index contributed by atoms with van der Waals surface area (Å²) in [7, 11) is 1.73. The van der Waals surface area contributed by atoms with Gasteiger partial charge in [0.05, 0.1) is 6.61 Å². The van der Waals surface area contributed by atoms with Gasteiger partial charge in [0.15, 0.2) is 0 Å². The topological polar surface area (TPSA) is 35.2 Å². The van der Waals surface area contributed by atoms with Gasteiger partial charge in [-0.15, -0.1) is 0 Å². The molecule has 0 amide bonds. The summed E-state index contributed by atoms with van der Waals surface area (Å²) in [6.45, 7) is 1.46. The average Bonchev–Trinajstić information content (AvgIpc) is 2.41. The van der Waals surface area contributed by atoms with Gasteiger partial charge < -0.3 is 10.5 Å². The Balaban J connectivity index is 2.18. The van der Waals surface area contributed by atoms with E-state index in [1.807, 2.05) is 0 Å². The minimum absolute atomic E-state index is 0.240. The third-order valence-corrected chi connectivity index (χ3v) is 4.08. The van der Waals surface area contributed by atoms with Gasteiger partial charge in [-0.1, -0.05) is 43.5 Å². The van der Waals surface area contributed by atoms with Crippen molar-refractivity contribution in [3.63, 3.8) is 0 Å². The van der Waals surface area contributed by atoms with Gasteiger partial charge >= 0.3 is 0 Å².